The predicted molar refractivity (Wildman–Crippen MR) is 242 cm³/mol. The van der Waals surface area contributed by atoms with E-state index >= 15 is 0 Å². The average Bonchev–Trinajstić information content (AvgIpc) is 3.21. The maximum absolute atomic E-state index is 12.7. The van der Waals surface area contributed by atoms with E-state index in [4.69, 9.17) is 14.2 Å². The van der Waals surface area contributed by atoms with Gasteiger partial charge in [-0.05, 0) is 64.2 Å². The molecule has 0 aromatic rings. The Balaban J connectivity index is 4.42. The van der Waals surface area contributed by atoms with Crippen molar-refractivity contribution in [2.24, 2.45) is 0 Å². The average molecular weight is 797 g/mol. The minimum Gasteiger partial charge on any atom is -0.462 e. The van der Waals surface area contributed by atoms with Crippen LogP contribution in [0.3, 0.4) is 0 Å². The molecule has 0 aromatic heterocycles. The number of rotatable bonds is 42. The van der Waals surface area contributed by atoms with E-state index in [1.54, 1.807) is 0 Å². The van der Waals surface area contributed by atoms with Crippen molar-refractivity contribution in [2.75, 3.05) is 13.2 Å². The monoisotopic (exact) mass is 797 g/mol. The van der Waals surface area contributed by atoms with Crippen LogP contribution in [0.25, 0.3) is 0 Å². The van der Waals surface area contributed by atoms with Crippen LogP contribution in [0.5, 0.6) is 0 Å². The molecule has 0 aliphatic heterocycles. The summed E-state index contributed by atoms with van der Waals surface area (Å²) >= 11 is 0. The summed E-state index contributed by atoms with van der Waals surface area (Å²) in [6.07, 6.45) is 54.8. The largest absolute Gasteiger partial charge is 0.462 e. The number of allylic oxidation sites excluding steroid dienone is 10. The van der Waals surface area contributed by atoms with Crippen LogP contribution in [-0.4, -0.2) is 37.2 Å². The molecule has 6 nitrogen and oxygen atoms in total. The van der Waals surface area contributed by atoms with E-state index in [1.807, 2.05) is 18.2 Å². The molecule has 328 valence electrons. The second-order valence-electron chi connectivity index (χ2n) is 15.7. The van der Waals surface area contributed by atoms with Crippen LogP contribution >= 0.6 is 0 Å². The Morgan fingerprint density at radius 2 is 0.702 bits per heavy atom. The fourth-order valence-electron chi connectivity index (χ4n) is 6.51. The molecule has 0 aliphatic carbocycles. The fourth-order valence-corrected chi connectivity index (χ4v) is 6.51. The van der Waals surface area contributed by atoms with Crippen LogP contribution < -0.4 is 0 Å². The van der Waals surface area contributed by atoms with Crippen LogP contribution in [0.1, 0.15) is 226 Å². The summed E-state index contributed by atoms with van der Waals surface area (Å²) in [7, 11) is 0. The van der Waals surface area contributed by atoms with E-state index in [9.17, 15) is 14.4 Å². The quantitative estimate of drug-likeness (QED) is 0.0201. The van der Waals surface area contributed by atoms with Gasteiger partial charge >= 0.3 is 17.9 Å². The van der Waals surface area contributed by atoms with Gasteiger partial charge in [-0.25, -0.2) is 0 Å². The van der Waals surface area contributed by atoms with Gasteiger partial charge in [0.25, 0.3) is 0 Å². The summed E-state index contributed by atoms with van der Waals surface area (Å²) in [6.45, 7) is 6.44. The van der Waals surface area contributed by atoms with Gasteiger partial charge in [-0.2, -0.15) is 0 Å². The Morgan fingerprint density at radius 1 is 0.368 bits per heavy atom. The van der Waals surface area contributed by atoms with E-state index < -0.39 is 6.10 Å². The number of hydrogen-bond acceptors (Lipinski definition) is 6. The molecular weight excluding hydrogens is 709 g/mol. The first kappa shape index (κ1) is 54.1. The molecule has 0 N–H and O–H groups in total. The van der Waals surface area contributed by atoms with Gasteiger partial charge in [0, 0.05) is 19.3 Å². The Labute approximate surface area is 351 Å². The Bertz CT molecular complexity index is 1050. The molecule has 0 radical (unpaired) electrons. The van der Waals surface area contributed by atoms with Crippen LogP contribution in [0.4, 0.5) is 0 Å². The second kappa shape index (κ2) is 45.8. The van der Waals surface area contributed by atoms with Crippen molar-refractivity contribution < 1.29 is 28.6 Å². The van der Waals surface area contributed by atoms with Crippen LogP contribution in [0.2, 0.25) is 0 Å². The number of esters is 3. The molecule has 0 rings (SSSR count). The van der Waals surface area contributed by atoms with Gasteiger partial charge in [0.15, 0.2) is 6.10 Å². The number of carbonyl (C=O) groups is 3. The molecule has 0 aliphatic rings. The van der Waals surface area contributed by atoms with Crippen LogP contribution in [0.15, 0.2) is 60.8 Å². The molecule has 0 spiro atoms. The van der Waals surface area contributed by atoms with Crippen molar-refractivity contribution >= 4 is 17.9 Å². The normalized spacial score (nSPS) is 12.5. The smallest absolute Gasteiger partial charge is 0.306 e. The Morgan fingerprint density at radius 3 is 1.16 bits per heavy atom. The van der Waals surface area contributed by atoms with Gasteiger partial charge in [-0.1, -0.05) is 204 Å². The van der Waals surface area contributed by atoms with Crippen molar-refractivity contribution in [3.63, 3.8) is 0 Å². The molecule has 6 heteroatoms. The van der Waals surface area contributed by atoms with Crippen molar-refractivity contribution in [3.05, 3.63) is 60.8 Å². The lowest BCUT2D eigenvalue weighted by Gasteiger charge is -2.18. The summed E-state index contributed by atoms with van der Waals surface area (Å²) in [4.78, 5) is 37.8. The molecule has 0 heterocycles. The first-order chi connectivity index (χ1) is 28.0. The Hall–Kier alpha value is -2.89. The van der Waals surface area contributed by atoms with E-state index in [2.05, 4.69) is 63.3 Å². The topological polar surface area (TPSA) is 78.9 Å². The van der Waals surface area contributed by atoms with Gasteiger partial charge in [0.05, 0.1) is 0 Å². The zero-order valence-electron chi connectivity index (χ0n) is 37.3. The van der Waals surface area contributed by atoms with Gasteiger partial charge in [0.2, 0.25) is 0 Å². The zero-order valence-corrected chi connectivity index (χ0v) is 37.3. The van der Waals surface area contributed by atoms with Gasteiger partial charge in [-0.15, -0.1) is 0 Å². The van der Waals surface area contributed by atoms with Gasteiger partial charge in [0.1, 0.15) is 13.2 Å². The zero-order chi connectivity index (χ0) is 41.5. The Kier molecular flexibility index (Phi) is 43.5. The summed E-state index contributed by atoms with van der Waals surface area (Å²) in [5.41, 5.74) is 0. The second-order valence-corrected chi connectivity index (χ2v) is 15.7. The SMILES string of the molecule is CC\C=C/C=C\C=C/C=C\CCCCCCCC(=O)OCC(COC(=O)CCCCCCCCCCCCCC)OC(=O)CCCCCCC/C=C\CCCCC. The molecule has 0 saturated carbocycles. The first-order valence-electron chi connectivity index (χ1n) is 23.8. The summed E-state index contributed by atoms with van der Waals surface area (Å²) in [5.74, 6) is -0.918. The molecule has 57 heavy (non-hydrogen) atoms. The minimum absolute atomic E-state index is 0.0840. The summed E-state index contributed by atoms with van der Waals surface area (Å²) < 4.78 is 16.7. The standard InChI is InChI=1S/C51H88O6/c1-4-7-10-13-16-19-22-25-26-27-30-32-35-38-41-44-50(53)56-47-48(57-51(54)45-42-39-36-33-29-24-21-18-15-12-9-6-3)46-55-49(52)43-40-37-34-31-28-23-20-17-14-11-8-5-2/h7,10,13,16,18-19,21-22,25-26,48H,4-6,8-9,11-12,14-15,17,20,23-24,27-47H2,1-3H3/b10-7-,16-13-,21-18-,22-19-,26-25-. The van der Waals surface area contributed by atoms with Crippen molar-refractivity contribution in [2.45, 2.75) is 232 Å². The lowest BCUT2D eigenvalue weighted by atomic mass is 10.0. The van der Waals surface area contributed by atoms with E-state index in [0.29, 0.717) is 19.3 Å². The van der Waals surface area contributed by atoms with Crippen molar-refractivity contribution in [1.82, 2.24) is 0 Å². The number of unbranched alkanes of at least 4 members (excludes halogenated alkanes) is 24. The molecule has 0 bridgehead atoms. The number of ether oxygens (including phenoxy) is 3. The van der Waals surface area contributed by atoms with Crippen LogP contribution in [0, 0.1) is 0 Å². The predicted octanol–water partition coefficient (Wildman–Crippen LogP) is 15.3. The number of hydrogen-bond donors (Lipinski definition) is 0. The molecule has 0 amide bonds. The first-order valence-corrected chi connectivity index (χ1v) is 23.8. The highest BCUT2D eigenvalue weighted by Gasteiger charge is 2.19. The van der Waals surface area contributed by atoms with Gasteiger partial charge in [-0.3, -0.25) is 14.4 Å². The van der Waals surface area contributed by atoms with E-state index in [-0.39, 0.29) is 31.1 Å². The number of carbonyl (C=O) groups excluding carboxylic acids is 3. The lowest BCUT2D eigenvalue weighted by Crippen LogP contribution is -2.30. The summed E-state index contributed by atoms with van der Waals surface area (Å²) in [6, 6.07) is 0. The third-order valence-corrected chi connectivity index (χ3v) is 10.1. The highest BCUT2D eigenvalue weighted by atomic mass is 16.6. The van der Waals surface area contributed by atoms with Crippen LogP contribution in [-0.2, 0) is 28.6 Å². The highest BCUT2D eigenvalue weighted by molar-refractivity contribution is 5.71. The van der Waals surface area contributed by atoms with Gasteiger partial charge < -0.3 is 14.2 Å². The third-order valence-electron chi connectivity index (χ3n) is 10.1. The maximum atomic E-state index is 12.7. The lowest BCUT2D eigenvalue weighted by molar-refractivity contribution is -0.167. The van der Waals surface area contributed by atoms with E-state index in [1.165, 1.54) is 89.9 Å². The third kappa shape index (κ3) is 44.1. The van der Waals surface area contributed by atoms with Crippen molar-refractivity contribution in [3.8, 4) is 0 Å². The molecular formula is C51H88O6. The minimum atomic E-state index is -0.784. The molecule has 0 fully saturated rings. The highest BCUT2D eigenvalue weighted by Crippen LogP contribution is 2.14. The maximum Gasteiger partial charge on any atom is 0.306 e. The summed E-state index contributed by atoms with van der Waals surface area (Å²) in [5, 5.41) is 0. The molecule has 1 atom stereocenters. The molecule has 0 aromatic carbocycles. The molecule has 0 saturated heterocycles. The fraction of sp³-hybridized carbons (Fsp3) is 0.745. The molecule has 1 unspecified atom stereocenters. The van der Waals surface area contributed by atoms with E-state index in [0.717, 1.165) is 96.3 Å². The van der Waals surface area contributed by atoms with Crippen molar-refractivity contribution in [1.29, 1.82) is 0 Å².